The van der Waals surface area contributed by atoms with Gasteiger partial charge in [0.05, 0.1) is 0 Å². The zero-order chi connectivity index (χ0) is 12.3. The molecule has 1 aliphatic rings. The Morgan fingerprint density at radius 3 is 2.19 bits per heavy atom. The molecule has 4 heteroatoms. The SMILES string of the molecule is C[C@@H]1CC(NC(=O)OC(C)(C)C)C[C@@H](C)N1. The Bertz CT molecular complexity index is 238. The lowest BCUT2D eigenvalue weighted by Crippen LogP contribution is -2.51. The summed E-state index contributed by atoms with van der Waals surface area (Å²) in [5.74, 6) is 0. The van der Waals surface area contributed by atoms with Crippen molar-refractivity contribution in [2.24, 2.45) is 0 Å². The van der Waals surface area contributed by atoms with E-state index in [-0.39, 0.29) is 12.1 Å². The fourth-order valence-electron chi connectivity index (χ4n) is 2.16. The van der Waals surface area contributed by atoms with Gasteiger partial charge in [-0.2, -0.15) is 0 Å². The van der Waals surface area contributed by atoms with Crippen LogP contribution in [0.3, 0.4) is 0 Å². The first-order valence-corrected chi connectivity index (χ1v) is 6.02. The molecule has 0 aromatic rings. The molecule has 0 aliphatic carbocycles. The van der Waals surface area contributed by atoms with Crippen molar-refractivity contribution in [2.45, 2.75) is 71.2 Å². The van der Waals surface area contributed by atoms with Crippen LogP contribution in [0, 0.1) is 0 Å². The van der Waals surface area contributed by atoms with Gasteiger partial charge >= 0.3 is 6.09 Å². The summed E-state index contributed by atoms with van der Waals surface area (Å²) >= 11 is 0. The first-order valence-electron chi connectivity index (χ1n) is 6.02. The molecule has 0 aromatic carbocycles. The predicted molar refractivity (Wildman–Crippen MR) is 64.5 cm³/mol. The molecule has 0 radical (unpaired) electrons. The number of piperidine rings is 1. The minimum Gasteiger partial charge on any atom is -0.444 e. The van der Waals surface area contributed by atoms with Gasteiger partial charge in [0.2, 0.25) is 0 Å². The van der Waals surface area contributed by atoms with E-state index in [1.807, 2.05) is 20.8 Å². The summed E-state index contributed by atoms with van der Waals surface area (Å²) in [7, 11) is 0. The highest BCUT2D eigenvalue weighted by Crippen LogP contribution is 2.14. The first kappa shape index (κ1) is 13.3. The maximum atomic E-state index is 11.6. The number of carbonyl (C=O) groups is 1. The van der Waals surface area contributed by atoms with Gasteiger partial charge in [0.25, 0.3) is 0 Å². The number of ether oxygens (including phenoxy) is 1. The number of amides is 1. The van der Waals surface area contributed by atoms with Crippen LogP contribution in [0.25, 0.3) is 0 Å². The van der Waals surface area contributed by atoms with Crippen LogP contribution in [0.2, 0.25) is 0 Å². The average molecular weight is 228 g/mol. The number of hydrogen-bond acceptors (Lipinski definition) is 3. The smallest absolute Gasteiger partial charge is 0.407 e. The molecule has 4 nitrogen and oxygen atoms in total. The van der Waals surface area contributed by atoms with E-state index in [2.05, 4.69) is 24.5 Å². The Morgan fingerprint density at radius 2 is 1.75 bits per heavy atom. The molecule has 1 amide bonds. The van der Waals surface area contributed by atoms with Crippen LogP contribution < -0.4 is 10.6 Å². The second-order valence-electron chi connectivity index (χ2n) is 5.78. The maximum Gasteiger partial charge on any atom is 0.407 e. The molecule has 1 saturated heterocycles. The van der Waals surface area contributed by atoms with E-state index < -0.39 is 5.60 Å². The highest BCUT2D eigenvalue weighted by molar-refractivity contribution is 5.68. The van der Waals surface area contributed by atoms with E-state index in [0.29, 0.717) is 12.1 Å². The summed E-state index contributed by atoms with van der Waals surface area (Å²) in [6, 6.07) is 1.12. The fraction of sp³-hybridized carbons (Fsp3) is 0.917. The monoisotopic (exact) mass is 228 g/mol. The summed E-state index contributed by atoms with van der Waals surface area (Å²) in [6.45, 7) is 9.90. The van der Waals surface area contributed by atoms with E-state index >= 15 is 0 Å². The molecular formula is C12H24N2O2. The van der Waals surface area contributed by atoms with Gasteiger partial charge in [0, 0.05) is 18.1 Å². The Hall–Kier alpha value is -0.770. The summed E-state index contributed by atoms with van der Waals surface area (Å²) in [4.78, 5) is 11.6. The largest absolute Gasteiger partial charge is 0.444 e. The lowest BCUT2D eigenvalue weighted by molar-refractivity contribution is 0.0485. The molecule has 0 spiro atoms. The Labute approximate surface area is 98.1 Å². The zero-order valence-electron chi connectivity index (χ0n) is 11.0. The van der Waals surface area contributed by atoms with Gasteiger partial charge in [-0.3, -0.25) is 0 Å². The summed E-state index contributed by atoms with van der Waals surface area (Å²) in [6.07, 6.45) is 1.62. The molecule has 1 fully saturated rings. The minimum atomic E-state index is -0.422. The van der Waals surface area contributed by atoms with Crippen molar-refractivity contribution in [1.82, 2.24) is 10.6 Å². The molecule has 0 unspecified atom stereocenters. The lowest BCUT2D eigenvalue weighted by atomic mass is 9.95. The van der Waals surface area contributed by atoms with Crippen LogP contribution in [0.15, 0.2) is 0 Å². The second kappa shape index (κ2) is 5.04. The van der Waals surface area contributed by atoms with E-state index in [9.17, 15) is 4.79 Å². The van der Waals surface area contributed by atoms with Gasteiger partial charge in [-0.25, -0.2) is 4.79 Å². The molecule has 0 bridgehead atoms. The van der Waals surface area contributed by atoms with E-state index in [0.717, 1.165) is 12.8 Å². The van der Waals surface area contributed by atoms with Gasteiger partial charge in [-0.1, -0.05) is 0 Å². The van der Waals surface area contributed by atoms with Crippen molar-refractivity contribution >= 4 is 6.09 Å². The van der Waals surface area contributed by atoms with Crippen LogP contribution >= 0.6 is 0 Å². The van der Waals surface area contributed by atoms with Gasteiger partial charge in [-0.05, 0) is 47.5 Å². The van der Waals surface area contributed by atoms with Crippen LogP contribution in [0.4, 0.5) is 4.79 Å². The summed E-state index contributed by atoms with van der Waals surface area (Å²) < 4.78 is 5.24. The van der Waals surface area contributed by atoms with Crippen LogP contribution in [0.1, 0.15) is 47.5 Å². The third-order valence-electron chi connectivity index (χ3n) is 2.57. The molecule has 2 N–H and O–H groups in total. The van der Waals surface area contributed by atoms with Crippen molar-refractivity contribution in [3.8, 4) is 0 Å². The number of nitrogens with one attached hydrogen (secondary N) is 2. The zero-order valence-corrected chi connectivity index (χ0v) is 11.0. The first-order chi connectivity index (χ1) is 7.26. The van der Waals surface area contributed by atoms with Gasteiger partial charge in [0.1, 0.15) is 5.60 Å². The van der Waals surface area contributed by atoms with E-state index in [4.69, 9.17) is 4.74 Å². The molecule has 2 atom stereocenters. The van der Waals surface area contributed by atoms with E-state index in [1.165, 1.54) is 0 Å². The fourth-order valence-corrected chi connectivity index (χ4v) is 2.16. The van der Waals surface area contributed by atoms with Crippen molar-refractivity contribution < 1.29 is 9.53 Å². The number of hydrogen-bond donors (Lipinski definition) is 2. The number of rotatable bonds is 1. The third kappa shape index (κ3) is 4.84. The number of carbonyl (C=O) groups excluding carboxylic acids is 1. The standard InChI is InChI=1S/C12H24N2O2/c1-8-6-10(7-9(2)13-8)14-11(15)16-12(3,4)5/h8-10,13H,6-7H2,1-5H3,(H,14,15)/t8-,9-/m1/s1. The molecule has 1 aliphatic heterocycles. The molecule has 0 aromatic heterocycles. The molecular weight excluding hydrogens is 204 g/mol. The van der Waals surface area contributed by atoms with Crippen LogP contribution in [0.5, 0.6) is 0 Å². The molecule has 1 heterocycles. The van der Waals surface area contributed by atoms with Gasteiger partial charge in [0.15, 0.2) is 0 Å². The normalized spacial score (nSPS) is 30.9. The van der Waals surface area contributed by atoms with Gasteiger partial charge < -0.3 is 15.4 Å². The van der Waals surface area contributed by atoms with Crippen molar-refractivity contribution in [1.29, 1.82) is 0 Å². The second-order valence-corrected chi connectivity index (χ2v) is 5.78. The topological polar surface area (TPSA) is 50.4 Å². The molecule has 94 valence electrons. The average Bonchev–Trinajstić information content (AvgIpc) is 1.96. The number of alkyl carbamates (subject to hydrolysis) is 1. The maximum absolute atomic E-state index is 11.6. The van der Waals surface area contributed by atoms with Gasteiger partial charge in [-0.15, -0.1) is 0 Å². The quantitative estimate of drug-likeness (QED) is 0.722. The molecule has 1 rings (SSSR count). The van der Waals surface area contributed by atoms with Crippen molar-refractivity contribution in [2.75, 3.05) is 0 Å². The Kier molecular flexibility index (Phi) is 4.19. The Morgan fingerprint density at radius 1 is 1.25 bits per heavy atom. The van der Waals surface area contributed by atoms with Crippen molar-refractivity contribution in [3.63, 3.8) is 0 Å². The minimum absolute atomic E-state index is 0.223. The molecule has 16 heavy (non-hydrogen) atoms. The predicted octanol–water partition coefficient (Wildman–Crippen LogP) is 2.04. The van der Waals surface area contributed by atoms with E-state index in [1.54, 1.807) is 0 Å². The summed E-state index contributed by atoms with van der Waals surface area (Å²) in [5.41, 5.74) is -0.422. The highest BCUT2D eigenvalue weighted by atomic mass is 16.6. The lowest BCUT2D eigenvalue weighted by Gasteiger charge is -2.33. The Balaban J connectivity index is 2.39. The summed E-state index contributed by atoms with van der Waals surface area (Å²) in [5, 5.41) is 6.37. The van der Waals surface area contributed by atoms with Crippen LogP contribution in [-0.4, -0.2) is 29.8 Å². The highest BCUT2D eigenvalue weighted by Gasteiger charge is 2.26. The van der Waals surface area contributed by atoms with Crippen molar-refractivity contribution in [3.05, 3.63) is 0 Å². The molecule has 0 saturated carbocycles. The van der Waals surface area contributed by atoms with Crippen LogP contribution in [-0.2, 0) is 4.74 Å². The third-order valence-corrected chi connectivity index (χ3v) is 2.57.